The first-order chi connectivity index (χ1) is 8.65. The molecule has 2 heterocycles. The van der Waals surface area contributed by atoms with Gasteiger partial charge < -0.3 is 16.0 Å². The van der Waals surface area contributed by atoms with Crippen LogP contribution < -0.4 is 16.0 Å². The second-order valence-electron chi connectivity index (χ2n) is 4.15. The smallest absolute Gasteiger partial charge is 0.242 e. The number of carbonyl (C=O) groups is 1. The zero-order chi connectivity index (χ0) is 13.1. The Bertz CT molecular complexity index is 477. The Hall–Kier alpha value is -1.69. The molecule has 1 unspecified atom stereocenters. The minimum absolute atomic E-state index is 0.0308. The van der Waals surface area contributed by atoms with Crippen LogP contribution in [0.25, 0.3) is 0 Å². The summed E-state index contributed by atoms with van der Waals surface area (Å²) in [6.45, 7) is 3.31. The first-order valence-electron chi connectivity index (χ1n) is 5.94. The zero-order valence-electron chi connectivity index (χ0n) is 10.2. The standard InChI is InChI=1S/C12H16N4OS/c1-2-9-12(17)15-6-7-16(9)11-8(10(13)18)4-3-5-14-11/h3-5,9H,2,6-7H2,1H3,(H2,13,18)(H,15,17). The minimum atomic E-state index is -0.207. The fraction of sp³-hybridized carbons (Fsp3) is 0.417. The van der Waals surface area contributed by atoms with E-state index in [9.17, 15) is 4.79 Å². The van der Waals surface area contributed by atoms with Crippen LogP contribution in [0.4, 0.5) is 5.82 Å². The molecule has 0 aromatic carbocycles. The van der Waals surface area contributed by atoms with Crippen LogP contribution in [0.5, 0.6) is 0 Å². The number of rotatable bonds is 3. The molecule has 1 aromatic heterocycles. The van der Waals surface area contributed by atoms with Crippen molar-refractivity contribution < 1.29 is 4.79 Å². The first kappa shape index (κ1) is 12.8. The zero-order valence-corrected chi connectivity index (χ0v) is 11.0. The van der Waals surface area contributed by atoms with Crippen molar-refractivity contribution in [3.63, 3.8) is 0 Å². The van der Waals surface area contributed by atoms with E-state index in [1.807, 2.05) is 17.9 Å². The summed E-state index contributed by atoms with van der Waals surface area (Å²) in [5.74, 6) is 0.731. The van der Waals surface area contributed by atoms with Crippen molar-refractivity contribution in [2.75, 3.05) is 18.0 Å². The van der Waals surface area contributed by atoms with Crippen LogP contribution in [-0.2, 0) is 4.79 Å². The van der Waals surface area contributed by atoms with E-state index in [4.69, 9.17) is 18.0 Å². The lowest BCUT2D eigenvalue weighted by atomic mass is 10.1. The topological polar surface area (TPSA) is 71.2 Å². The van der Waals surface area contributed by atoms with Crippen LogP contribution >= 0.6 is 12.2 Å². The number of aromatic nitrogens is 1. The van der Waals surface area contributed by atoms with E-state index < -0.39 is 0 Å². The number of hydrogen-bond acceptors (Lipinski definition) is 4. The number of nitrogens with zero attached hydrogens (tertiary/aromatic N) is 2. The van der Waals surface area contributed by atoms with Crippen LogP contribution in [-0.4, -0.2) is 35.0 Å². The summed E-state index contributed by atoms with van der Waals surface area (Å²) in [6, 6.07) is 3.43. The Kier molecular flexibility index (Phi) is 3.76. The number of hydrogen-bond donors (Lipinski definition) is 2. The van der Waals surface area contributed by atoms with Crippen LogP contribution in [0.2, 0.25) is 0 Å². The van der Waals surface area contributed by atoms with Gasteiger partial charge >= 0.3 is 0 Å². The van der Waals surface area contributed by atoms with Crippen LogP contribution in [0.15, 0.2) is 18.3 Å². The van der Waals surface area contributed by atoms with Gasteiger partial charge in [0.1, 0.15) is 16.8 Å². The third kappa shape index (κ3) is 2.28. The predicted molar refractivity (Wildman–Crippen MR) is 74.6 cm³/mol. The van der Waals surface area contributed by atoms with Gasteiger partial charge in [-0.05, 0) is 18.6 Å². The molecule has 1 saturated heterocycles. The highest BCUT2D eigenvalue weighted by Gasteiger charge is 2.30. The molecule has 0 aliphatic carbocycles. The summed E-state index contributed by atoms with van der Waals surface area (Å²) in [5.41, 5.74) is 6.43. The Morgan fingerprint density at radius 2 is 2.50 bits per heavy atom. The van der Waals surface area contributed by atoms with Crippen molar-refractivity contribution in [2.24, 2.45) is 5.73 Å². The highest BCUT2D eigenvalue weighted by molar-refractivity contribution is 7.80. The Morgan fingerprint density at radius 3 is 3.17 bits per heavy atom. The molecule has 1 aliphatic rings. The van der Waals surface area contributed by atoms with Crippen LogP contribution in [0, 0.1) is 0 Å². The fourth-order valence-corrected chi connectivity index (χ4v) is 2.35. The number of piperazine rings is 1. The molecule has 3 N–H and O–H groups in total. The number of thiocarbonyl (C=S) groups is 1. The second-order valence-corrected chi connectivity index (χ2v) is 4.59. The maximum atomic E-state index is 11.8. The van der Waals surface area contributed by atoms with Gasteiger partial charge in [-0.2, -0.15) is 0 Å². The third-order valence-corrected chi connectivity index (χ3v) is 3.26. The van der Waals surface area contributed by atoms with Crippen molar-refractivity contribution in [1.29, 1.82) is 0 Å². The average Bonchev–Trinajstić information content (AvgIpc) is 2.38. The van der Waals surface area contributed by atoms with Gasteiger partial charge in [0.2, 0.25) is 5.91 Å². The van der Waals surface area contributed by atoms with Crippen molar-refractivity contribution in [1.82, 2.24) is 10.3 Å². The van der Waals surface area contributed by atoms with E-state index in [0.717, 1.165) is 18.5 Å². The lowest BCUT2D eigenvalue weighted by molar-refractivity contribution is -0.123. The molecule has 1 aliphatic heterocycles. The third-order valence-electron chi connectivity index (χ3n) is 3.04. The summed E-state index contributed by atoms with van der Waals surface area (Å²) in [5, 5.41) is 2.86. The summed E-state index contributed by atoms with van der Waals surface area (Å²) < 4.78 is 0. The highest BCUT2D eigenvalue weighted by atomic mass is 32.1. The lowest BCUT2D eigenvalue weighted by Crippen LogP contribution is -2.55. The van der Waals surface area contributed by atoms with Gasteiger partial charge in [-0.1, -0.05) is 19.1 Å². The molecule has 2 rings (SSSR count). The average molecular weight is 264 g/mol. The Labute approximate surface area is 111 Å². The monoisotopic (exact) mass is 264 g/mol. The molecular formula is C12H16N4OS. The molecule has 1 amide bonds. The van der Waals surface area contributed by atoms with Crippen LogP contribution in [0.1, 0.15) is 18.9 Å². The molecule has 6 heteroatoms. The molecule has 1 aromatic rings. The molecule has 0 spiro atoms. The van der Waals surface area contributed by atoms with Crippen molar-refractivity contribution in [3.8, 4) is 0 Å². The van der Waals surface area contributed by atoms with E-state index >= 15 is 0 Å². The van der Waals surface area contributed by atoms with E-state index in [0.29, 0.717) is 17.4 Å². The number of anilines is 1. The number of nitrogens with two attached hydrogens (primary N) is 1. The van der Waals surface area contributed by atoms with Gasteiger partial charge in [0, 0.05) is 19.3 Å². The SMILES string of the molecule is CCC1C(=O)NCCN1c1ncccc1C(N)=S. The fourth-order valence-electron chi connectivity index (χ4n) is 2.19. The molecule has 1 atom stereocenters. The quantitative estimate of drug-likeness (QED) is 0.775. The predicted octanol–water partition coefficient (Wildman–Crippen LogP) is 0.431. The Morgan fingerprint density at radius 1 is 1.72 bits per heavy atom. The summed E-state index contributed by atoms with van der Waals surface area (Å²) in [6.07, 6.45) is 2.41. The molecule has 0 saturated carbocycles. The van der Waals surface area contributed by atoms with Crippen molar-refractivity contribution in [3.05, 3.63) is 23.9 Å². The van der Waals surface area contributed by atoms with E-state index in [2.05, 4.69) is 10.3 Å². The normalized spacial score (nSPS) is 19.5. The molecule has 18 heavy (non-hydrogen) atoms. The maximum Gasteiger partial charge on any atom is 0.242 e. The van der Waals surface area contributed by atoms with E-state index in [1.54, 1.807) is 12.3 Å². The molecule has 1 fully saturated rings. The van der Waals surface area contributed by atoms with E-state index in [-0.39, 0.29) is 11.9 Å². The van der Waals surface area contributed by atoms with Crippen molar-refractivity contribution >= 4 is 28.9 Å². The summed E-state index contributed by atoms with van der Waals surface area (Å²) >= 11 is 5.03. The molecule has 0 radical (unpaired) electrons. The number of carbonyl (C=O) groups excluding carboxylic acids is 1. The van der Waals surface area contributed by atoms with Crippen molar-refractivity contribution in [2.45, 2.75) is 19.4 Å². The summed E-state index contributed by atoms with van der Waals surface area (Å²) in [7, 11) is 0. The molecular weight excluding hydrogens is 248 g/mol. The summed E-state index contributed by atoms with van der Waals surface area (Å²) in [4.78, 5) is 18.5. The lowest BCUT2D eigenvalue weighted by Gasteiger charge is -2.36. The van der Waals surface area contributed by atoms with Gasteiger partial charge in [-0.25, -0.2) is 4.98 Å². The number of amides is 1. The second kappa shape index (κ2) is 5.30. The number of nitrogens with one attached hydrogen (secondary N) is 1. The van der Waals surface area contributed by atoms with E-state index in [1.165, 1.54) is 0 Å². The largest absolute Gasteiger partial charge is 0.389 e. The highest BCUT2D eigenvalue weighted by Crippen LogP contribution is 2.22. The molecule has 5 nitrogen and oxygen atoms in total. The van der Waals surface area contributed by atoms with Gasteiger partial charge in [-0.3, -0.25) is 4.79 Å². The van der Waals surface area contributed by atoms with Gasteiger partial charge in [0.25, 0.3) is 0 Å². The molecule has 0 bridgehead atoms. The first-order valence-corrected chi connectivity index (χ1v) is 6.35. The van der Waals surface area contributed by atoms with Gasteiger partial charge in [-0.15, -0.1) is 0 Å². The molecule has 96 valence electrons. The Balaban J connectivity index is 2.40. The van der Waals surface area contributed by atoms with Crippen LogP contribution in [0.3, 0.4) is 0 Å². The maximum absolute atomic E-state index is 11.8. The number of pyridine rings is 1. The van der Waals surface area contributed by atoms with Gasteiger partial charge in [0.15, 0.2) is 0 Å². The van der Waals surface area contributed by atoms with Gasteiger partial charge in [0.05, 0.1) is 5.56 Å². The minimum Gasteiger partial charge on any atom is -0.389 e.